The van der Waals surface area contributed by atoms with Crippen molar-refractivity contribution in [2.45, 2.75) is 25.2 Å². The normalized spacial score (nSPS) is 10.8. The third-order valence-electron chi connectivity index (χ3n) is 3.77. The molecule has 2 rings (SSSR count). The van der Waals surface area contributed by atoms with Crippen LogP contribution in [0, 0.1) is 25.2 Å². The van der Waals surface area contributed by atoms with Gasteiger partial charge in [0.2, 0.25) is 10.0 Å². The van der Waals surface area contributed by atoms with E-state index in [1.54, 1.807) is 12.1 Å². The van der Waals surface area contributed by atoms with E-state index in [1.807, 2.05) is 26.0 Å². The lowest BCUT2D eigenvalue weighted by molar-refractivity contribution is -0.119. The van der Waals surface area contributed by atoms with Gasteiger partial charge in [-0.05, 0) is 61.4 Å². The number of carbonyl (C=O) groups excluding carboxylic acids is 2. The van der Waals surface area contributed by atoms with Crippen LogP contribution < -0.4 is 10.0 Å². The lowest BCUT2D eigenvalue weighted by atomic mass is 10.1. The van der Waals surface area contributed by atoms with Crippen LogP contribution in [0.25, 0.3) is 0 Å². The Morgan fingerprint density at radius 2 is 1.69 bits per heavy atom. The lowest BCUT2D eigenvalue weighted by Gasteiger charge is -2.09. The number of anilines is 1. The molecule has 0 aliphatic rings. The summed E-state index contributed by atoms with van der Waals surface area (Å²) in [6, 6.07) is 12.5. The molecule has 8 nitrogen and oxygen atoms in total. The van der Waals surface area contributed by atoms with Crippen molar-refractivity contribution in [2.75, 3.05) is 18.5 Å². The first-order valence-electron chi connectivity index (χ1n) is 8.73. The van der Waals surface area contributed by atoms with Crippen molar-refractivity contribution in [3.05, 3.63) is 59.2 Å². The molecule has 2 N–H and O–H groups in total. The number of hydrogen-bond donors (Lipinski definition) is 2. The van der Waals surface area contributed by atoms with E-state index in [0.29, 0.717) is 5.69 Å². The number of carbonyl (C=O) groups is 2. The minimum absolute atomic E-state index is 0.00178. The van der Waals surface area contributed by atoms with E-state index in [-0.39, 0.29) is 23.4 Å². The van der Waals surface area contributed by atoms with Crippen LogP contribution in [0.5, 0.6) is 0 Å². The van der Waals surface area contributed by atoms with Gasteiger partial charge in [-0.25, -0.2) is 17.9 Å². The van der Waals surface area contributed by atoms with Crippen molar-refractivity contribution in [3.8, 4) is 6.07 Å². The molecule has 0 heterocycles. The van der Waals surface area contributed by atoms with E-state index in [0.717, 1.165) is 11.1 Å². The number of nitrogens with one attached hydrogen (secondary N) is 2. The average molecular weight is 415 g/mol. The van der Waals surface area contributed by atoms with Crippen LogP contribution in [0.4, 0.5) is 5.69 Å². The number of nitrogens with zero attached hydrogens (tertiary/aromatic N) is 1. The fourth-order valence-corrected chi connectivity index (χ4v) is 3.58. The minimum Gasteiger partial charge on any atom is -0.452 e. The van der Waals surface area contributed by atoms with E-state index in [4.69, 9.17) is 10.00 Å². The Kier molecular flexibility index (Phi) is 7.47. The lowest BCUT2D eigenvalue weighted by Crippen LogP contribution is -2.24. The summed E-state index contributed by atoms with van der Waals surface area (Å²) in [6.07, 6.45) is 0.0494. The summed E-state index contributed by atoms with van der Waals surface area (Å²) < 4.78 is 31.3. The van der Waals surface area contributed by atoms with Gasteiger partial charge in [0.1, 0.15) is 0 Å². The topological polar surface area (TPSA) is 125 Å². The predicted molar refractivity (Wildman–Crippen MR) is 107 cm³/mol. The van der Waals surface area contributed by atoms with Gasteiger partial charge in [0.15, 0.2) is 6.61 Å². The number of amides is 1. The van der Waals surface area contributed by atoms with Crippen molar-refractivity contribution in [1.82, 2.24) is 4.72 Å². The molecule has 29 heavy (non-hydrogen) atoms. The number of rotatable bonds is 8. The molecule has 0 aliphatic carbocycles. The molecule has 1 amide bonds. The SMILES string of the molecule is Cc1cc(C)cc(NC(=O)COC(=O)c2ccc(S(=O)(=O)NCCC#N)cc2)c1. The highest BCUT2D eigenvalue weighted by Crippen LogP contribution is 2.14. The highest BCUT2D eigenvalue weighted by Gasteiger charge is 2.15. The molecule has 2 aromatic rings. The van der Waals surface area contributed by atoms with E-state index < -0.39 is 28.5 Å². The highest BCUT2D eigenvalue weighted by atomic mass is 32.2. The standard InChI is InChI=1S/C20H21N3O5S/c1-14-10-15(2)12-17(11-14)23-19(24)13-28-20(25)16-4-6-18(7-5-16)29(26,27)22-9-3-8-21/h4-7,10-12,22H,3,9,13H2,1-2H3,(H,23,24). The van der Waals surface area contributed by atoms with E-state index in [9.17, 15) is 18.0 Å². The molecular formula is C20H21N3O5S. The smallest absolute Gasteiger partial charge is 0.338 e. The summed E-state index contributed by atoms with van der Waals surface area (Å²) in [6.45, 7) is 3.34. The van der Waals surface area contributed by atoms with Gasteiger partial charge in [-0.15, -0.1) is 0 Å². The molecule has 0 atom stereocenters. The largest absolute Gasteiger partial charge is 0.452 e. The number of nitriles is 1. The third kappa shape index (κ3) is 6.71. The highest BCUT2D eigenvalue weighted by molar-refractivity contribution is 7.89. The zero-order valence-corrected chi connectivity index (χ0v) is 16.9. The van der Waals surface area contributed by atoms with Gasteiger partial charge in [0.25, 0.3) is 5.91 Å². The number of benzene rings is 2. The Morgan fingerprint density at radius 3 is 2.28 bits per heavy atom. The number of hydrogen-bond acceptors (Lipinski definition) is 6. The summed E-state index contributed by atoms with van der Waals surface area (Å²) in [4.78, 5) is 24.0. The Hall–Kier alpha value is -3.22. The third-order valence-corrected chi connectivity index (χ3v) is 5.25. The molecule has 0 bridgehead atoms. The quantitative estimate of drug-likeness (QED) is 0.503. The number of ether oxygens (including phenoxy) is 1. The van der Waals surface area contributed by atoms with Crippen LogP contribution in [0.2, 0.25) is 0 Å². The van der Waals surface area contributed by atoms with Gasteiger partial charge in [0.05, 0.1) is 16.5 Å². The molecule has 0 spiro atoms. The van der Waals surface area contributed by atoms with Crippen LogP contribution >= 0.6 is 0 Å². The number of sulfonamides is 1. The van der Waals surface area contributed by atoms with Crippen molar-refractivity contribution < 1.29 is 22.7 Å². The average Bonchev–Trinajstić information content (AvgIpc) is 2.65. The first-order chi connectivity index (χ1) is 13.7. The number of esters is 1. The molecule has 0 unspecified atom stereocenters. The fraction of sp³-hybridized carbons (Fsp3) is 0.250. The second-order valence-electron chi connectivity index (χ2n) is 6.33. The molecule has 0 aromatic heterocycles. The summed E-state index contributed by atoms with van der Waals surface area (Å²) in [5.74, 6) is -1.23. The van der Waals surface area contributed by atoms with Gasteiger partial charge in [-0.3, -0.25) is 4.79 Å². The van der Waals surface area contributed by atoms with Crippen LogP contribution in [-0.2, 0) is 19.6 Å². The van der Waals surface area contributed by atoms with Gasteiger partial charge in [-0.1, -0.05) is 6.07 Å². The first-order valence-corrected chi connectivity index (χ1v) is 10.2. The molecule has 0 saturated heterocycles. The molecule has 2 aromatic carbocycles. The van der Waals surface area contributed by atoms with Crippen LogP contribution in [0.1, 0.15) is 27.9 Å². The van der Waals surface area contributed by atoms with Gasteiger partial charge in [0, 0.05) is 18.7 Å². The predicted octanol–water partition coefficient (Wildman–Crippen LogP) is 2.29. The van der Waals surface area contributed by atoms with E-state index in [2.05, 4.69) is 10.0 Å². The zero-order chi connectivity index (χ0) is 21.4. The maximum Gasteiger partial charge on any atom is 0.338 e. The van der Waals surface area contributed by atoms with Crippen molar-refractivity contribution in [3.63, 3.8) is 0 Å². The summed E-state index contributed by atoms with van der Waals surface area (Å²) >= 11 is 0. The monoisotopic (exact) mass is 415 g/mol. The summed E-state index contributed by atoms with van der Waals surface area (Å²) in [7, 11) is -3.76. The molecule has 0 radical (unpaired) electrons. The molecule has 0 aliphatic heterocycles. The Labute approximate surface area is 169 Å². The van der Waals surface area contributed by atoms with Gasteiger partial charge >= 0.3 is 5.97 Å². The van der Waals surface area contributed by atoms with Gasteiger partial charge in [-0.2, -0.15) is 5.26 Å². The molecule has 0 saturated carbocycles. The van der Waals surface area contributed by atoms with Crippen molar-refractivity contribution in [2.24, 2.45) is 0 Å². The molecule has 9 heteroatoms. The molecular weight excluding hydrogens is 394 g/mol. The fourth-order valence-electron chi connectivity index (χ4n) is 2.55. The maximum atomic E-state index is 12.1. The number of aryl methyl sites for hydroxylation is 2. The second kappa shape index (κ2) is 9.82. The molecule has 152 valence electrons. The van der Waals surface area contributed by atoms with Crippen molar-refractivity contribution >= 4 is 27.6 Å². The van der Waals surface area contributed by atoms with E-state index >= 15 is 0 Å². The Bertz CT molecular complexity index is 1020. The first kappa shape index (κ1) is 22.1. The van der Waals surface area contributed by atoms with E-state index in [1.165, 1.54) is 24.3 Å². The van der Waals surface area contributed by atoms with Gasteiger partial charge < -0.3 is 10.1 Å². The minimum atomic E-state index is -3.76. The summed E-state index contributed by atoms with van der Waals surface area (Å²) in [5, 5.41) is 11.1. The van der Waals surface area contributed by atoms with Crippen LogP contribution in [0.15, 0.2) is 47.4 Å². The maximum absolute atomic E-state index is 12.1. The second-order valence-corrected chi connectivity index (χ2v) is 8.10. The van der Waals surface area contributed by atoms with Crippen LogP contribution in [-0.4, -0.2) is 33.4 Å². The van der Waals surface area contributed by atoms with Crippen LogP contribution in [0.3, 0.4) is 0 Å². The Balaban J connectivity index is 1.92. The Morgan fingerprint density at radius 1 is 1.07 bits per heavy atom. The van der Waals surface area contributed by atoms with Crippen molar-refractivity contribution in [1.29, 1.82) is 5.26 Å². The zero-order valence-electron chi connectivity index (χ0n) is 16.1. The molecule has 0 fully saturated rings. The summed E-state index contributed by atoms with van der Waals surface area (Å²) in [5.41, 5.74) is 2.71.